The highest BCUT2D eigenvalue weighted by Gasteiger charge is 2.25. The molecule has 0 aliphatic carbocycles. The maximum Gasteiger partial charge on any atom is 0.269 e. The van der Waals surface area contributed by atoms with Gasteiger partial charge in [-0.25, -0.2) is 0 Å². The van der Waals surface area contributed by atoms with Gasteiger partial charge < -0.3 is 10.2 Å². The predicted octanol–water partition coefficient (Wildman–Crippen LogP) is 4.47. The van der Waals surface area contributed by atoms with Crippen LogP contribution in [0.2, 0.25) is 0 Å². The Morgan fingerprint density at radius 1 is 1.16 bits per heavy atom. The molecule has 1 atom stereocenters. The van der Waals surface area contributed by atoms with Crippen LogP contribution in [0.1, 0.15) is 43.4 Å². The van der Waals surface area contributed by atoms with E-state index >= 15 is 0 Å². The Bertz CT molecular complexity index is 918. The highest BCUT2D eigenvalue weighted by atomic mass is 32.2. The second-order valence-electron chi connectivity index (χ2n) is 7.75. The fourth-order valence-corrected chi connectivity index (χ4v) is 4.05. The Morgan fingerprint density at radius 2 is 1.88 bits per heavy atom. The van der Waals surface area contributed by atoms with E-state index in [0.29, 0.717) is 18.8 Å². The third-order valence-corrected chi connectivity index (χ3v) is 6.06. The zero-order valence-electron chi connectivity index (χ0n) is 18.9. The Hall–Kier alpha value is -2.87. The van der Waals surface area contributed by atoms with Crippen molar-refractivity contribution in [1.29, 1.82) is 0 Å². The van der Waals surface area contributed by atoms with E-state index in [-0.39, 0.29) is 23.3 Å². The van der Waals surface area contributed by atoms with E-state index in [1.807, 2.05) is 31.2 Å². The van der Waals surface area contributed by atoms with Gasteiger partial charge in [-0.3, -0.25) is 19.7 Å². The molecule has 0 spiro atoms. The van der Waals surface area contributed by atoms with Crippen LogP contribution in [-0.2, 0) is 21.9 Å². The fraction of sp³-hybridized carbons (Fsp3) is 0.417. The van der Waals surface area contributed by atoms with E-state index in [2.05, 4.69) is 12.2 Å². The number of nitro benzene ring substituents is 1. The summed E-state index contributed by atoms with van der Waals surface area (Å²) >= 11 is 1.43. The molecule has 0 aliphatic rings. The summed E-state index contributed by atoms with van der Waals surface area (Å²) in [7, 11) is 0. The molecule has 0 saturated heterocycles. The van der Waals surface area contributed by atoms with E-state index < -0.39 is 11.0 Å². The average Bonchev–Trinajstić information content (AvgIpc) is 2.77. The predicted molar refractivity (Wildman–Crippen MR) is 128 cm³/mol. The van der Waals surface area contributed by atoms with Crippen LogP contribution in [0, 0.1) is 17.0 Å². The molecule has 0 bridgehead atoms. The van der Waals surface area contributed by atoms with Crippen LogP contribution in [0.5, 0.6) is 0 Å². The smallest absolute Gasteiger partial charge is 0.269 e. The van der Waals surface area contributed by atoms with Crippen molar-refractivity contribution in [2.24, 2.45) is 0 Å². The van der Waals surface area contributed by atoms with Gasteiger partial charge in [-0.1, -0.05) is 55.3 Å². The van der Waals surface area contributed by atoms with E-state index in [0.717, 1.165) is 29.5 Å². The lowest BCUT2D eigenvalue weighted by molar-refractivity contribution is -0.384. The van der Waals surface area contributed by atoms with Gasteiger partial charge in [-0.15, -0.1) is 11.8 Å². The van der Waals surface area contributed by atoms with Gasteiger partial charge in [0.25, 0.3) is 5.69 Å². The molecule has 0 unspecified atom stereocenters. The summed E-state index contributed by atoms with van der Waals surface area (Å²) in [6, 6.07) is 13.7. The maximum atomic E-state index is 13.1. The quantitative estimate of drug-likeness (QED) is 0.288. The molecule has 2 rings (SSSR count). The number of carbonyl (C=O) groups is 2. The second kappa shape index (κ2) is 12.9. The minimum atomic E-state index is -0.583. The van der Waals surface area contributed by atoms with Crippen molar-refractivity contribution in [3.8, 4) is 0 Å². The number of nitrogens with one attached hydrogen (secondary N) is 1. The van der Waals surface area contributed by atoms with Gasteiger partial charge in [-0.05, 0) is 31.4 Å². The molecule has 0 heterocycles. The van der Waals surface area contributed by atoms with Gasteiger partial charge in [0.05, 0.1) is 10.7 Å². The lowest BCUT2D eigenvalue weighted by atomic mass is 10.1. The summed E-state index contributed by atoms with van der Waals surface area (Å²) in [5.41, 5.74) is 3.03. The molecule has 7 nitrogen and oxygen atoms in total. The Morgan fingerprint density at radius 3 is 2.50 bits per heavy atom. The molecule has 2 aromatic rings. The standard InChI is InChI=1S/C24H31N3O4S/c1-4-5-13-25-24(29)19(3)26(15-21-8-6-7-18(2)14-21)23(28)17-32-16-20-9-11-22(12-10-20)27(30)31/h6-12,14,19H,4-5,13,15-17H2,1-3H3,(H,25,29)/t19-/m1/s1. The van der Waals surface area contributed by atoms with Gasteiger partial charge in [0, 0.05) is 31.0 Å². The molecule has 0 saturated carbocycles. The zero-order valence-corrected chi connectivity index (χ0v) is 19.7. The molecule has 0 aliphatic heterocycles. The number of aryl methyl sites for hydroxylation is 1. The Kier molecular flexibility index (Phi) is 10.2. The molecule has 1 N–H and O–H groups in total. The van der Waals surface area contributed by atoms with E-state index in [4.69, 9.17) is 0 Å². The van der Waals surface area contributed by atoms with Crippen LogP contribution in [0.4, 0.5) is 5.69 Å². The largest absolute Gasteiger partial charge is 0.354 e. The molecule has 32 heavy (non-hydrogen) atoms. The Labute approximate surface area is 193 Å². The van der Waals surface area contributed by atoms with E-state index in [9.17, 15) is 19.7 Å². The number of nitrogens with zero attached hydrogens (tertiary/aromatic N) is 2. The molecular formula is C24H31N3O4S. The summed E-state index contributed by atoms with van der Waals surface area (Å²) in [5.74, 6) is 0.505. The van der Waals surface area contributed by atoms with Gasteiger partial charge >= 0.3 is 0 Å². The fourth-order valence-electron chi connectivity index (χ4n) is 3.18. The molecule has 0 aromatic heterocycles. The number of unbranched alkanes of at least 4 members (excludes halogenated alkanes) is 1. The van der Waals surface area contributed by atoms with Gasteiger partial charge in [0.2, 0.25) is 11.8 Å². The number of nitro groups is 1. The summed E-state index contributed by atoms with van der Waals surface area (Å²) in [4.78, 5) is 37.7. The van der Waals surface area contributed by atoms with Crippen molar-refractivity contribution >= 4 is 29.3 Å². The maximum absolute atomic E-state index is 13.1. The number of thioether (sulfide) groups is 1. The molecule has 2 aromatic carbocycles. The van der Waals surface area contributed by atoms with E-state index in [1.54, 1.807) is 24.0 Å². The van der Waals surface area contributed by atoms with Crippen molar-refractivity contribution in [2.75, 3.05) is 12.3 Å². The summed E-state index contributed by atoms with van der Waals surface area (Å²) in [6.45, 7) is 6.78. The van der Waals surface area contributed by atoms with Gasteiger partial charge in [-0.2, -0.15) is 0 Å². The summed E-state index contributed by atoms with van der Waals surface area (Å²) in [5, 5.41) is 13.7. The van der Waals surface area contributed by atoms with Gasteiger partial charge in [0.15, 0.2) is 0 Å². The summed E-state index contributed by atoms with van der Waals surface area (Å²) in [6.07, 6.45) is 1.88. The van der Waals surface area contributed by atoms with Crippen LogP contribution in [-0.4, -0.2) is 40.0 Å². The normalized spacial score (nSPS) is 11.6. The first-order valence-electron chi connectivity index (χ1n) is 10.8. The van der Waals surface area contributed by atoms with Crippen molar-refractivity contribution in [1.82, 2.24) is 10.2 Å². The minimum absolute atomic E-state index is 0.0436. The Balaban J connectivity index is 2.03. The molecular weight excluding hydrogens is 426 g/mol. The first-order chi connectivity index (χ1) is 15.3. The van der Waals surface area contributed by atoms with Crippen LogP contribution in [0.15, 0.2) is 48.5 Å². The van der Waals surface area contributed by atoms with Crippen LogP contribution in [0.25, 0.3) is 0 Å². The highest BCUT2D eigenvalue weighted by Crippen LogP contribution is 2.19. The minimum Gasteiger partial charge on any atom is -0.354 e. The summed E-state index contributed by atoms with van der Waals surface area (Å²) < 4.78 is 0. The highest BCUT2D eigenvalue weighted by molar-refractivity contribution is 7.99. The lowest BCUT2D eigenvalue weighted by Gasteiger charge is -2.29. The van der Waals surface area contributed by atoms with Crippen molar-refractivity contribution in [3.63, 3.8) is 0 Å². The SMILES string of the molecule is CCCCNC(=O)[C@@H](C)N(Cc1cccc(C)c1)C(=O)CSCc1ccc([N+](=O)[O-])cc1. The number of carbonyl (C=O) groups excluding carboxylic acids is 2. The molecule has 172 valence electrons. The van der Waals surface area contributed by atoms with Gasteiger partial charge in [0.1, 0.15) is 6.04 Å². The molecule has 8 heteroatoms. The molecule has 2 amide bonds. The van der Waals surface area contributed by atoms with Crippen LogP contribution in [0.3, 0.4) is 0 Å². The van der Waals surface area contributed by atoms with E-state index in [1.165, 1.54) is 23.9 Å². The number of non-ortho nitro benzene ring substituents is 1. The van der Waals surface area contributed by atoms with Crippen molar-refractivity contribution in [2.45, 2.75) is 52.0 Å². The lowest BCUT2D eigenvalue weighted by Crippen LogP contribution is -2.48. The molecule has 0 fully saturated rings. The third kappa shape index (κ3) is 8.00. The monoisotopic (exact) mass is 457 g/mol. The first kappa shape index (κ1) is 25.4. The number of benzene rings is 2. The topological polar surface area (TPSA) is 92.6 Å². The number of amides is 2. The van der Waals surface area contributed by atoms with Crippen LogP contribution >= 0.6 is 11.8 Å². The molecule has 0 radical (unpaired) electrons. The van der Waals surface area contributed by atoms with Crippen LogP contribution < -0.4 is 5.32 Å². The van der Waals surface area contributed by atoms with Crippen molar-refractivity contribution in [3.05, 3.63) is 75.3 Å². The zero-order chi connectivity index (χ0) is 23.5. The number of hydrogen-bond donors (Lipinski definition) is 1. The number of hydrogen-bond acceptors (Lipinski definition) is 5. The number of rotatable bonds is 12. The second-order valence-corrected chi connectivity index (χ2v) is 8.73. The van der Waals surface area contributed by atoms with Crippen molar-refractivity contribution < 1.29 is 14.5 Å². The third-order valence-electron chi connectivity index (χ3n) is 5.07. The average molecular weight is 458 g/mol. The first-order valence-corrected chi connectivity index (χ1v) is 11.9.